The number of rotatable bonds is 3. The second-order valence-corrected chi connectivity index (χ2v) is 9.86. The molecule has 3 nitrogen and oxygen atoms in total. The molecule has 0 aromatic heterocycles. The highest BCUT2D eigenvalue weighted by Gasteiger charge is 2.35. The number of hydrogen-bond donors (Lipinski definition) is 2. The van der Waals surface area contributed by atoms with Crippen LogP contribution in [0.1, 0.15) is 18.1 Å². The van der Waals surface area contributed by atoms with Crippen molar-refractivity contribution in [2.24, 2.45) is 0 Å². The van der Waals surface area contributed by atoms with Crippen LogP contribution in [-0.4, -0.2) is 29.0 Å². The van der Waals surface area contributed by atoms with Crippen LogP contribution >= 0.6 is 0 Å². The Morgan fingerprint density at radius 3 is 1.94 bits per heavy atom. The highest BCUT2D eigenvalue weighted by atomic mass is 16.5. The monoisotopic (exact) mass is 470 g/mol. The molecule has 0 saturated carbocycles. The molecule has 6 aromatic carbocycles. The number of aliphatic hydroxyl groups excluding tert-OH is 2. The number of benzene rings is 6. The lowest BCUT2D eigenvalue weighted by molar-refractivity contribution is -0.0218. The van der Waals surface area contributed by atoms with Crippen molar-refractivity contribution in [1.29, 1.82) is 0 Å². The van der Waals surface area contributed by atoms with Crippen molar-refractivity contribution in [3.63, 3.8) is 0 Å². The molecular weight excluding hydrogens is 444 g/mol. The summed E-state index contributed by atoms with van der Waals surface area (Å²) in [4.78, 5) is 0. The first-order chi connectivity index (χ1) is 17.7. The molecule has 1 aliphatic heterocycles. The Morgan fingerprint density at radius 2 is 1.19 bits per heavy atom. The van der Waals surface area contributed by atoms with E-state index in [1.165, 1.54) is 32.7 Å². The Balaban J connectivity index is 1.38. The molecule has 36 heavy (non-hydrogen) atoms. The smallest absolute Gasteiger partial charge is 0.107 e. The standard InChI is InChI=1S/C33H26O3/c34-19-32-30(35)18-31(36-32)33-28-8-4-3-7-25(28)17-27-16-23(11-12-29(27)33)22-9-10-24-13-20-5-1-2-6-21(20)14-26(24)15-22/h1-17,30-32,34-35H,18-19H2/t30?,31-,32+/m0/s1. The molecule has 1 aliphatic rings. The lowest BCUT2D eigenvalue weighted by Crippen LogP contribution is -2.24. The maximum Gasteiger partial charge on any atom is 0.107 e. The molecule has 6 aromatic rings. The first kappa shape index (κ1) is 21.5. The average Bonchev–Trinajstić information content (AvgIpc) is 3.29. The molecule has 0 spiro atoms. The van der Waals surface area contributed by atoms with Gasteiger partial charge < -0.3 is 14.9 Å². The van der Waals surface area contributed by atoms with Crippen molar-refractivity contribution < 1.29 is 14.9 Å². The molecule has 0 amide bonds. The molecule has 1 unspecified atom stereocenters. The normalized spacial score (nSPS) is 20.1. The molecule has 1 saturated heterocycles. The summed E-state index contributed by atoms with van der Waals surface area (Å²) in [7, 11) is 0. The molecule has 0 aliphatic carbocycles. The summed E-state index contributed by atoms with van der Waals surface area (Å²) >= 11 is 0. The van der Waals surface area contributed by atoms with Crippen LogP contribution in [0.2, 0.25) is 0 Å². The highest BCUT2D eigenvalue weighted by molar-refractivity contribution is 6.05. The molecule has 1 heterocycles. The minimum atomic E-state index is -0.665. The van der Waals surface area contributed by atoms with E-state index in [4.69, 9.17) is 4.74 Å². The molecule has 0 bridgehead atoms. The molecule has 0 radical (unpaired) electrons. The van der Waals surface area contributed by atoms with Crippen LogP contribution in [0.3, 0.4) is 0 Å². The summed E-state index contributed by atoms with van der Waals surface area (Å²) in [5, 5.41) is 29.6. The van der Waals surface area contributed by atoms with Crippen LogP contribution in [0.15, 0.2) is 103 Å². The van der Waals surface area contributed by atoms with Gasteiger partial charge in [-0.15, -0.1) is 0 Å². The summed E-state index contributed by atoms with van der Waals surface area (Å²) in [5.41, 5.74) is 3.44. The summed E-state index contributed by atoms with van der Waals surface area (Å²) in [6.07, 6.45) is -0.987. The fourth-order valence-electron chi connectivity index (χ4n) is 5.83. The first-order valence-corrected chi connectivity index (χ1v) is 12.5. The average molecular weight is 471 g/mol. The molecule has 2 N–H and O–H groups in total. The van der Waals surface area contributed by atoms with E-state index in [-0.39, 0.29) is 12.7 Å². The van der Waals surface area contributed by atoms with Crippen molar-refractivity contribution >= 4 is 43.1 Å². The molecule has 3 heteroatoms. The van der Waals surface area contributed by atoms with Gasteiger partial charge in [-0.05, 0) is 90.1 Å². The highest BCUT2D eigenvalue weighted by Crippen LogP contribution is 2.42. The van der Waals surface area contributed by atoms with E-state index in [1.54, 1.807) is 0 Å². The van der Waals surface area contributed by atoms with Crippen LogP contribution in [0.25, 0.3) is 54.2 Å². The second-order valence-electron chi connectivity index (χ2n) is 9.86. The SMILES string of the molecule is OC[C@H]1O[C@H](c2c3ccccc3cc3cc(-c4ccc5cc6ccccc6cc5c4)ccc23)CC1O. The van der Waals surface area contributed by atoms with Crippen molar-refractivity contribution in [2.45, 2.75) is 24.7 Å². The van der Waals surface area contributed by atoms with Gasteiger partial charge in [0.25, 0.3) is 0 Å². The van der Waals surface area contributed by atoms with Crippen molar-refractivity contribution in [1.82, 2.24) is 0 Å². The third kappa shape index (κ3) is 3.48. The van der Waals surface area contributed by atoms with Crippen LogP contribution in [-0.2, 0) is 4.74 Å². The van der Waals surface area contributed by atoms with Crippen LogP contribution in [0, 0.1) is 0 Å². The predicted octanol–water partition coefficient (Wildman–Crippen LogP) is 7.15. The van der Waals surface area contributed by atoms with Crippen LogP contribution in [0.4, 0.5) is 0 Å². The van der Waals surface area contributed by atoms with Crippen LogP contribution < -0.4 is 0 Å². The lowest BCUT2D eigenvalue weighted by atomic mass is 9.90. The van der Waals surface area contributed by atoms with Gasteiger partial charge in [-0.25, -0.2) is 0 Å². The fourth-order valence-corrected chi connectivity index (χ4v) is 5.83. The number of hydrogen-bond acceptors (Lipinski definition) is 3. The molecular formula is C33H26O3. The first-order valence-electron chi connectivity index (χ1n) is 12.5. The Kier molecular flexibility index (Phi) is 5.03. The van der Waals surface area contributed by atoms with E-state index < -0.39 is 12.2 Å². The minimum absolute atomic E-state index is 0.179. The van der Waals surface area contributed by atoms with Gasteiger partial charge in [-0.3, -0.25) is 0 Å². The Morgan fingerprint density at radius 1 is 0.611 bits per heavy atom. The van der Waals surface area contributed by atoms with E-state index in [1.807, 2.05) is 6.07 Å². The fraction of sp³-hybridized carbons (Fsp3) is 0.152. The predicted molar refractivity (Wildman–Crippen MR) is 147 cm³/mol. The van der Waals surface area contributed by atoms with Crippen molar-refractivity contribution in [3.8, 4) is 11.1 Å². The molecule has 1 fully saturated rings. The van der Waals surface area contributed by atoms with E-state index in [2.05, 4.69) is 97.1 Å². The van der Waals surface area contributed by atoms with Gasteiger partial charge in [-0.2, -0.15) is 0 Å². The summed E-state index contributed by atoms with van der Waals surface area (Å²) < 4.78 is 6.12. The quantitative estimate of drug-likeness (QED) is 0.270. The van der Waals surface area contributed by atoms with Gasteiger partial charge in [0.15, 0.2) is 0 Å². The van der Waals surface area contributed by atoms with E-state index >= 15 is 0 Å². The van der Waals surface area contributed by atoms with Gasteiger partial charge in [0.05, 0.1) is 18.8 Å². The number of aliphatic hydroxyl groups is 2. The summed E-state index contributed by atoms with van der Waals surface area (Å²) in [5.74, 6) is 0. The van der Waals surface area contributed by atoms with E-state index in [0.29, 0.717) is 6.42 Å². The maximum atomic E-state index is 10.4. The Hall–Kier alpha value is -3.76. The van der Waals surface area contributed by atoms with Gasteiger partial charge >= 0.3 is 0 Å². The topological polar surface area (TPSA) is 49.7 Å². The second kappa shape index (κ2) is 8.42. The molecule has 176 valence electrons. The lowest BCUT2D eigenvalue weighted by Gasteiger charge is -2.18. The third-order valence-electron chi connectivity index (χ3n) is 7.67. The van der Waals surface area contributed by atoms with E-state index in [0.717, 1.165) is 27.1 Å². The zero-order valence-corrected chi connectivity index (χ0v) is 19.8. The van der Waals surface area contributed by atoms with Gasteiger partial charge in [0.1, 0.15) is 6.10 Å². The Labute approximate surface area is 209 Å². The van der Waals surface area contributed by atoms with Gasteiger partial charge in [-0.1, -0.05) is 72.8 Å². The van der Waals surface area contributed by atoms with Gasteiger partial charge in [0, 0.05) is 6.42 Å². The summed E-state index contributed by atoms with van der Waals surface area (Å²) in [6.45, 7) is -0.179. The zero-order valence-electron chi connectivity index (χ0n) is 19.8. The number of fused-ring (bicyclic) bond motifs is 4. The largest absolute Gasteiger partial charge is 0.394 e. The molecule has 3 atom stereocenters. The maximum absolute atomic E-state index is 10.4. The third-order valence-corrected chi connectivity index (χ3v) is 7.67. The van der Waals surface area contributed by atoms with Crippen molar-refractivity contribution in [2.75, 3.05) is 6.61 Å². The zero-order chi connectivity index (χ0) is 24.2. The van der Waals surface area contributed by atoms with E-state index in [9.17, 15) is 10.2 Å². The molecule has 7 rings (SSSR count). The van der Waals surface area contributed by atoms with Crippen molar-refractivity contribution in [3.05, 3.63) is 109 Å². The van der Waals surface area contributed by atoms with Crippen LogP contribution in [0.5, 0.6) is 0 Å². The minimum Gasteiger partial charge on any atom is -0.394 e. The summed E-state index contributed by atoms with van der Waals surface area (Å²) in [6, 6.07) is 36.9. The Bertz CT molecular complexity index is 1770. The van der Waals surface area contributed by atoms with Gasteiger partial charge in [0.2, 0.25) is 0 Å². The number of ether oxygens (including phenoxy) is 1.